The van der Waals surface area contributed by atoms with E-state index in [2.05, 4.69) is 10.3 Å². The fourth-order valence-electron chi connectivity index (χ4n) is 1.87. The van der Waals surface area contributed by atoms with E-state index in [9.17, 15) is 8.42 Å². The van der Waals surface area contributed by atoms with Crippen molar-refractivity contribution in [2.75, 3.05) is 18.6 Å². The number of methoxy groups -OCH3 is 1. The maximum atomic E-state index is 11.3. The second kappa shape index (κ2) is 5.01. The molecule has 0 amide bonds. The quantitative estimate of drug-likeness (QED) is 0.843. The second-order valence-electron chi connectivity index (χ2n) is 4.15. The van der Waals surface area contributed by atoms with Gasteiger partial charge in [-0.15, -0.1) is 0 Å². The summed E-state index contributed by atoms with van der Waals surface area (Å²) in [5.74, 6) is 1.09. The first-order valence-corrected chi connectivity index (χ1v) is 7.35. The summed E-state index contributed by atoms with van der Waals surface area (Å²) in [6.07, 6.45) is 0.687. The van der Waals surface area contributed by atoms with Crippen LogP contribution >= 0.6 is 0 Å². The van der Waals surface area contributed by atoms with E-state index in [1.54, 1.807) is 13.2 Å². The summed E-state index contributed by atoms with van der Waals surface area (Å²) in [4.78, 5) is 4.25. The molecule has 0 saturated carbocycles. The molecule has 1 aliphatic heterocycles. The van der Waals surface area contributed by atoms with Crippen molar-refractivity contribution >= 4 is 9.84 Å². The van der Waals surface area contributed by atoms with Gasteiger partial charge in [0.2, 0.25) is 5.88 Å². The third kappa shape index (κ3) is 3.41. The normalized spacial score (nSPS) is 22.5. The summed E-state index contributed by atoms with van der Waals surface area (Å²) in [6.45, 7) is 0.567. The SMILES string of the molecule is COc1cccc(CNC2CCS(=O)(=O)C2)n1. The highest BCUT2D eigenvalue weighted by Gasteiger charge is 2.27. The van der Waals surface area contributed by atoms with Gasteiger partial charge >= 0.3 is 0 Å². The third-order valence-electron chi connectivity index (χ3n) is 2.79. The molecule has 2 rings (SSSR count). The van der Waals surface area contributed by atoms with E-state index in [-0.39, 0.29) is 17.5 Å². The minimum Gasteiger partial charge on any atom is -0.481 e. The third-order valence-corrected chi connectivity index (χ3v) is 4.56. The lowest BCUT2D eigenvalue weighted by atomic mass is 10.2. The molecule has 0 bridgehead atoms. The Hall–Kier alpha value is -1.14. The fourth-order valence-corrected chi connectivity index (χ4v) is 3.58. The van der Waals surface area contributed by atoms with Crippen LogP contribution in [0.1, 0.15) is 12.1 Å². The molecular weight excluding hydrogens is 240 g/mol. The predicted octanol–water partition coefficient (Wildman–Crippen LogP) is 0.367. The van der Waals surface area contributed by atoms with Crippen molar-refractivity contribution in [3.63, 3.8) is 0 Å². The maximum Gasteiger partial charge on any atom is 0.213 e. The molecule has 94 valence electrons. The molecule has 1 unspecified atom stereocenters. The van der Waals surface area contributed by atoms with Crippen LogP contribution in [0.4, 0.5) is 0 Å². The van der Waals surface area contributed by atoms with Crippen LogP contribution in [0.25, 0.3) is 0 Å². The Kier molecular flexibility index (Phi) is 3.63. The summed E-state index contributed by atoms with van der Waals surface area (Å²) in [5.41, 5.74) is 0.855. The Balaban J connectivity index is 1.90. The number of ether oxygens (including phenoxy) is 1. The van der Waals surface area contributed by atoms with Crippen molar-refractivity contribution in [1.29, 1.82) is 0 Å². The van der Waals surface area contributed by atoms with Crippen LogP contribution in [0.5, 0.6) is 5.88 Å². The highest BCUT2D eigenvalue weighted by atomic mass is 32.2. The molecule has 0 radical (unpaired) electrons. The molecule has 5 nitrogen and oxygen atoms in total. The van der Waals surface area contributed by atoms with E-state index in [1.807, 2.05) is 12.1 Å². The number of sulfone groups is 1. The highest BCUT2D eigenvalue weighted by molar-refractivity contribution is 7.91. The number of aromatic nitrogens is 1. The Morgan fingerprint density at radius 2 is 2.35 bits per heavy atom. The summed E-state index contributed by atoms with van der Waals surface area (Å²) < 4.78 is 27.6. The summed E-state index contributed by atoms with van der Waals surface area (Å²) in [7, 11) is -1.25. The Morgan fingerprint density at radius 3 is 3.00 bits per heavy atom. The van der Waals surface area contributed by atoms with Crippen LogP contribution in [0, 0.1) is 0 Å². The molecule has 1 saturated heterocycles. The molecule has 17 heavy (non-hydrogen) atoms. The predicted molar refractivity (Wildman–Crippen MR) is 64.7 cm³/mol. The van der Waals surface area contributed by atoms with E-state index >= 15 is 0 Å². The number of pyridine rings is 1. The van der Waals surface area contributed by atoms with Gasteiger partial charge in [0.05, 0.1) is 24.3 Å². The highest BCUT2D eigenvalue weighted by Crippen LogP contribution is 2.12. The zero-order valence-electron chi connectivity index (χ0n) is 9.72. The molecule has 0 spiro atoms. The number of rotatable bonds is 4. The molecule has 2 heterocycles. The van der Waals surface area contributed by atoms with Crippen molar-refractivity contribution < 1.29 is 13.2 Å². The van der Waals surface area contributed by atoms with Gasteiger partial charge in [0.1, 0.15) is 0 Å². The van der Waals surface area contributed by atoms with Gasteiger partial charge in [-0.1, -0.05) is 6.07 Å². The van der Waals surface area contributed by atoms with Crippen molar-refractivity contribution in [1.82, 2.24) is 10.3 Å². The van der Waals surface area contributed by atoms with Crippen molar-refractivity contribution in [2.45, 2.75) is 19.0 Å². The lowest BCUT2D eigenvalue weighted by molar-refractivity contribution is 0.395. The first-order valence-electron chi connectivity index (χ1n) is 5.53. The average Bonchev–Trinajstić information content (AvgIpc) is 2.67. The maximum absolute atomic E-state index is 11.3. The second-order valence-corrected chi connectivity index (χ2v) is 6.38. The molecular formula is C11H16N2O3S. The van der Waals surface area contributed by atoms with Gasteiger partial charge in [-0.25, -0.2) is 13.4 Å². The van der Waals surface area contributed by atoms with Crippen LogP contribution in [-0.2, 0) is 16.4 Å². The molecule has 1 atom stereocenters. The molecule has 1 aromatic rings. The molecule has 0 aromatic carbocycles. The topological polar surface area (TPSA) is 68.3 Å². The van der Waals surface area contributed by atoms with Gasteiger partial charge in [0.15, 0.2) is 9.84 Å². The zero-order chi connectivity index (χ0) is 12.3. The van der Waals surface area contributed by atoms with E-state index in [1.165, 1.54) is 0 Å². The van der Waals surface area contributed by atoms with E-state index in [0.29, 0.717) is 18.8 Å². The van der Waals surface area contributed by atoms with Crippen molar-refractivity contribution in [3.8, 4) is 5.88 Å². The Labute approximate surface area is 101 Å². The van der Waals surface area contributed by atoms with Crippen LogP contribution in [0.2, 0.25) is 0 Å². The van der Waals surface area contributed by atoms with Crippen LogP contribution in [0.15, 0.2) is 18.2 Å². The summed E-state index contributed by atoms with van der Waals surface area (Å²) in [5, 5.41) is 3.21. The number of nitrogens with one attached hydrogen (secondary N) is 1. The van der Waals surface area contributed by atoms with Crippen molar-refractivity contribution in [2.24, 2.45) is 0 Å². The van der Waals surface area contributed by atoms with E-state index in [0.717, 1.165) is 5.69 Å². The standard InChI is InChI=1S/C11H16N2O3S/c1-16-11-4-2-3-9(13-11)7-12-10-5-6-17(14,15)8-10/h2-4,10,12H,5-8H2,1H3. The van der Waals surface area contributed by atoms with Crippen LogP contribution in [-0.4, -0.2) is 38.1 Å². The minimum absolute atomic E-state index is 0.0491. The lowest BCUT2D eigenvalue weighted by Gasteiger charge is -2.10. The largest absolute Gasteiger partial charge is 0.481 e. The lowest BCUT2D eigenvalue weighted by Crippen LogP contribution is -2.29. The molecule has 6 heteroatoms. The van der Waals surface area contributed by atoms with Gasteiger partial charge < -0.3 is 10.1 Å². The van der Waals surface area contributed by atoms with Crippen LogP contribution in [0.3, 0.4) is 0 Å². The number of hydrogen-bond acceptors (Lipinski definition) is 5. The number of nitrogens with zero attached hydrogens (tertiary/aromatic N) is 1. The molecule has 1 fully saturated rings. The first kappa shape index (κ1) is 12.3. The summed E-state index contributed by atoms with van der Waals surface area (Å²) in [6, 6.07) is 5.59. The zero-order valence-corrected chi connectivity index (χ0v) is 10.5. The summed E-state index contributed by atoms with van der Waals surface area (Å²) >= 11 is 0. The minimum atomic E-state index is -2.82. The Bertz CT molecular complexity index is 487. The first-order chi connectivity index (χ1) is 8.09. The molecule has 1 N–H and O–H groups in total. The van der Waals surface area contributed by atoms with Gasteiger partial charge in [0.25, 0.3) is 0 Å². The average molecular weight is 256 g/mol. The van der Waals surface area contributed by atoms with E-state index in [4.69, 9.17) is 4.74 Å². The monoisotopic (exact) mass is 256 g/mol. The van der Waals surface area contributed by atoms with E-state index < -0.39 is 9.84 Å². The fraction of sp³-hybridized carbons (Fsp3) is 0.545. The molecule has 1 aliphatic rings. The van der Waals surface area contributed by atoms with Gasteiger partial charge in [0, 0.05) is 18.7 Å². The Morgan fingerprint density at radius 1 is 1.53 bits per heavy atom. The van der Waals surface area contributed by atoms with Gasteiger partial charge in [-0.2, -0.15) is 0 Å². The van der Waals surface area contributed by atoms with Crippen LogP contribution < -0.4 is 10.1 Å². The molecule has 0 aliphatic carbocycles. The molecule has 1 aromatic heterocycles. The van der Waals surface area contributed by atoms with Gasteiger partial charge in [-0.05, 0) is 12.5 Å². The smallest absolute Gasteiger partial charge is 0.213 e. The van der Waals surface area contributed by atoms with Crippen molar-refractivity contribution in [3.05, 3.63) is 23.9 Å². The van der Waals surface area contributed by atoms with Gasteiger partial charge in [-0.3, -0.25) is 0 Å². The number of hydrogen-bond donors (Lipinski definition) is 1.